The summed E-state index contributed by atoms with van der Waals surface area (Å²) >= 11 is 5.88. The lowest BCUT2D eigenvalue weighted by Crippen LogP contribution is -2.34. The molecule has 0 aliphatic heterocycles. The van der Waals surface area contributed by atoms with Gasteiger partial charge in [0, 0.05) is 10.6 Å². The molecule has 1 heterocycles. The molecule has 0 saturated heterocycles. The van der Waals surface area contributed by atoms with E-state index < -0.39 is 0 Å². The van der Waals surface area contributed by atoms with E-state index in [-0.39, 0.29) is 24.2 Å². The molecule has 2 aromatic carbocycles. The van der Waals surface area contributed by atoms with E-state index in [1.54, 1.807) is 36.4 Å². The summed E-state index contributed by atoms with van der Waals surface area (Å²) in [4.78, 5) is 13.7. The standard InChI is InChI=1S/C19H18ClN5O2/c20-13-9-7-12(8-10-13)19-22-24-25(23-19)11-18(27)21-16-5-1-4-15-14(16)3-2-6-17(15)26/h2-3,6-10,16,26H,1,4-5,11H2,(H,21,27). The van der Waals surface area contributed by atoms with Crippen LogP contribution in [0, 0.1) is 0 Å². The Labute approximate surface area is 161 Å². The normalized spacial score (nSPS) is 16.0. The topological polar surface area (TPSA) is 92.9 Å². The smallest absolute Gasteiger partial charge is 0.244 e. The molecule has 1 aromatic heterocycles. The Morgan fingerprint density at radius 3 is 2.89 bits per heavy atom. The van der Waals surface area contributed by atoms with Crippen LogP contribution < -0.4 is 5.32 Å². The van der Waals surface area contributed by atoms with Gasteiger partial charge in [0.05, 0.1) is 6.04 Å². The van der Waals surface area contributed by atoms with Gasteiger partial charge in [-0.25, -0.2) is 0 Å². The fraction of sp³-hybridized carbons (Fsp3) is 0.263. The second-order valence-corrected chi connectivity index (χ2v) is 6.94. The Bertz CT molecular complexity index is 970. The van der Waals surface area contributed by atoms with Crippen LogP contribution in [0.15, 0.2) is 42.5 Å². The van der Waals surface area contributed by atoms with Gasteiger partial charge in [0.1, 0.15) is 12.3 Å². The van der Waals surface area contributed by atoms with E-state index in [1.807, 2.05) is 6.07 Å². The van der Waals surface area contributed by atoms with Crippen LogP contribution in [0.4, 0.5) is 0 Å². The number of rotatable bonds is 4. The summed E-state index contributed by atoms with van der Waals surface area (Å²) in [6.07, 6.45) is 2.57. The molecule has 3 aromatic rings. The summed E-state index contributed by atoms with van der Waals surface area (Å²) in [7, 11) is 0. The molecule has 1 aliphatic rings. The number of aromatic hydroxyl groups is 1. The van der Waals surface area contributed by atoms with Gasteiger partial charge >= 0.3 is 0 Å². The van der Waals surface area contributed by atoms with Gasteiger partial charge < -0.3 is 10.4 Å². The molecule has 1 amide bonds. The lowest BCUT2D eigenvalue weighted by molar-refractivity contribution is -0.123. The molecule has 0 radical (unpaired) electrons. The van der Waals surface area contributed by atoms with Crippen molar-refractivity contribution in [2.45, 2.75) is 31.8 Å². The summed E-state index contributed by atoms with van der Waals surface area (Å²) in [6, 6.07) is 12.4. The highest BCUT2D eigenvalue weighted by Gasteiger charge is 2.24. The first-order valence-electron chi connectivity index (χ1n) is 8.74. The minimum atomic E-state index is -0.198. The maximum atomic E-state index is 12.4. The number of halogens is 1. The molecule has 0 saturated carbocycles. The number of carbonyl (C=O) groups is 1. The van der Waals surface area contributed by atoms with E-state index in [0.717, 1.165) is 36.0 Å². The average molecular weight is 384 g/mol. The number of fused-ring (bicyclic) bond motifs is 1. The second kappa shape index (κ2) is 7.36. The number of phenolic OH excluding ortho intramolecular Hbond substituents is 1. The largest absolute Gasteiger partial charge is 0.508 e. The first-order chi connectivity index (χ1) is 13.1. The Hall–Kier alpha value is -2.93. The maximum absolute atomic E-state index is 12.4. The first kappa shape index (κ1) is 17.5. The number of phenols is 1. The van der Waals surface area contributed by atoms with Crippen molar-refractivity contribution in [1.29, 1.82) is 0 Å². The summed E-state index contributed by atoms with van der Waals surface area (Å²) in [5, 5.41) is 25.8. The quantitative estimate of drug-likeness (QED) is 0.722. The van der Waals surface area contributed by atoms with Crippen LogP contribution in [0.5, 0.6) is 5.75 Å². The molecule has 0 fully saturated rings. The molecule has 2 N–H and O–H groups in total. The number of aromatic nitrogens is 4. The third kappa shape index (κ3) is 3.78. The van der Waals surface area contributed by atoms with Gasteiger partial charge in [-0.2, -0.15) is 4.80 Å². The highest BCUT2D eigenvalue weighted by atomic mass is 35.5. The van der Waals surface area contributed by atoms with Gasteiger partial charge in [-0.3, -0.25) is 4.79 Å². The van der Waals surface area contributed by atoms with Crippen LogP contribution >= 0.6 is 11.6 Å². The molecule has 0 bridgehead atoms. The van der Waals surface area contributed by atoms with Crippen molar-refractivity contribution >= 4 is 17.5 Å². The molecule has 27 heavy (non-hydrogen) atoms. The van der Waals surface area contributed by atoms with Gasteiger partial charge in [0.15, 0.2) is 0 Å². The van der Waals surface area contributed by atoms with E-state index in [4.69, 9.17) is 11.6 Å². The Morgan fingerprint density at radius 2 is 2.07 bits per heavy atom. The zero-order chi connectivity index (χ0) is 18.8. The number of hydrogen-bond donors (Lipinski definition) is 2. The Kier molecular flexibility index (Phi) is 4.77. The molecular formula is C19H18ClN5O2. The van der Waals surface area contributed by atoms with Crippen LogP contribution in [-0.4, -0.2) is 31.2 Å². The molecule has 1 atom stereocenters. The summed E-state index contributed by atoms with van der Waals surface area (Å²) < 4.78 is 0. The number of amides is 1. The fourth-order valence-corrected chi connectivity index (χ4v) is 3.50. The van der Waals surface area contributed by atoms with E-state index in [2.05, 4.69) is 20.7 Å². The molecular weight excluding hydrogens is 366 g/mol. The van der Waals surface area contributed by atoms with Gasteiger partial charge in [-0.1, -0.05) is 23.7 Å². The van der Waals surface area contributed by atoms with Crippen LogP contribution in [0.25, 0.3) is 11.4 Å². The lowest BCUT2D eigenvalue weighted by atomic mass is 9.87. The van der Waals surface area contributed by atoms with Crippen molar-refractivity contribution < 1.29 is 9.90 Å². The van der Waals surface area contributed by atoms with Crippen molar-refractivity contribution in [3.05, 3.63) is 58.6 Å². The maximum Gasteiger partial charge on any atom is 0.244 e. The zero-order valence-electron chi connectivity index (χ0n) is 14.5. The molecule has 1 aliphatic carbocycles. The van der Waals surface area contributed by atoms with Crippen molar-refractivity contribution in [2.75, 3.05) is 0 Å². The molecule has 0 spiro atoms. The van der Waals surface area contributed by atoms with Crippen molar-refractivity contribution in [3.8, 4) is 17.1 Å². The third-order valence-corrected chi connectivity index (χ3v) is 4.91. The van der Waals surface area contributed by atoms with Crippen LogP contribution in [0.2, 0.25) is 5.02 Å². The molecule has 1 unspecified atom stereocenters. The summed E-state index contributed by atoms with van der Waals surface area (Å²) in [5.41, 5.74) is 2.67. The van der Waals surface area contributed by atoms with E-state index in [1.165, 1.54) is 4.80 Å². The number of nitrogens with zero attached hydrogens (tertiary/aromatic N) is 4. The fourth-order valence-electron chi connectivity index (χ4n) is 3.37. The van der Waals surface area contributed by atoms with Crippen LogP contribution in [0.3, 0.4) is 0 Å². The third-order valence-electron chi connectivity index (χ3n) is 4.66. The molecule has 138 valence electrons. The van der Waals surface area contributed by atoms with E-state index >= 15 is 0 Å². The second-order valence-electron chi connectivity index (χ2n) is 6.51. The first-order valence-corrected chi connectivity index (χ1v) is 9.12. The van der Waals surface area contributed by atoms with E-state index in [9.17, 15) is 9.90 Å². The lowest BCUT2D eigenvalue weighted by Gasteiger charge is -2.26. The molecule has 7 nitrogen and oxygen atoms in total. The highest BCUT2D eigenvalue weighted by molar-refractivity contribution is 6.30. The summed E-state index contributed by atoms with van der Waals surface area (Å²) in [6.45, 7) is -0.0226. The van der Waals surface area contributed by atoms with Gasteiger partial charge in [-0.15, -0.1) is 10.2 Å². The predicted molar refractivity (Wildman–Crippen MR) is 100 cm³/mol. The number of tetrazole rings is 1. The monoisotopic (exact) mass is 383 g/mol. The number of benzene rings is 2. The van der Waals surface area contributed by atoms with E-state index in [0.29, 0.717) is 10.8 Å². The highest BCUT2D eigenvalue weighted by Crippen LogP contribution is 2.34. The Morgan fingerprint density at radius 1 is 1.26 bits per heavy atom. The Balaban J connectivity index is 1.44. The SMILES string of the molecule is O=C(Cn1nnc(-c2ccc(Cl)cc2)n1)NC1CCCc2c(O)cccc21. The van der Waals surface area contributed by atoms with Gasteiger partial charge in [0.2, 0.25) is 11.7 Å². The van der Waals surface area contributed by atoms with Gasteiger partial charge in [0.25, 0.3) is 0 Å². The van der Waals surface area contributed by atoms with Crippen LogP contribution in [0.1, 0.15) is 30.0 Å². The van der Waals surface area contributed by atoms with Crippen molar-refractivity contribution in [3.63, 3.8) is 0 Å². The number of carbonyl (C=O) groups excluding carboxylic acids is 1. The molecule has 8 heteroatoms. The summed E-state index contributed by atoms with van der Waals surface area (Å²) in [5.74, 6) is 0.528. The number of hydrogen-bond acceptors (Lipinski definition) is 5. The van der Waals surface area contributed by atoms with Crippen LogP contribution in [-0.2, 0) is 17.8 Å². The van der Waals surface area contributed by atoms with Gasteiger partial charge in [-0.05, 0) is 65.9 Å². The van der Waals surface area contributed by atoms with Crippen molar-refractivity contribution in [2.24, 2.45) is 0 Å². The minimum Gasteiger partial charge on any atom is -0.508 e. The minimum absolute atomic E-state index is 0.0226. The predicted octanol–water partition coefficient (Wildman–Crippen LogP) is 2.89. The average Bonchev–Trinajstić information content (AvgIpc) is 3.11. The molecule has 4 rings (SSSR count). The number of nitrogens with one attached hydrogen (secondary N) is 1. The van der Waals surface area contributed by atoms with Crippen molar-refractivity contribution in [1.82, 2.24) is 25.5 Å². The zero-order valence-corrected chi connectivity index (χ0v) is 15.2.